The number of hydrogen-bond donors (Lipinski definition) is 1. The first-order chi connectivity index (χ1) is 9.20. The predicted octanol–water partition coefficient (Wildman–Crippen LogP) is 3.08. The van der Waals surface area contributed by atoms with E-state index in [0.717, 1.165) is 23.0 Å². The zero-order valence-electron chi connectivity index (χ0n) is 10.9. The lowest BCUT2D eigenvalue weighted by atomic mass is 10.1. The molecule has 0 radical (unpaired) electrons. The molecule has 0 aliphatic rings. The predicted molar refractivity (Wildman–Crippen MR) is 84.4 cm³/mol. The maximum atomic E-state index is 5.92. The topological polar surface area (TPSA) is 42.1 Å². The Bertz CT molecular complexity index is 501. The van der Waals surface area contributed by atoms with E-state index in [2.05, 4.69) is 56.4 Å². The quantitative estimate of drug-likeness (QED) is 0.879. The summed E-state index contributed by atoms with van der Waals surface area (Å²) in [7, 11) is 2.12. The smallest absolute Gasteiger partial charge is 0.0483 e. The van der Waals surface area contributed by atoms with Crippen molar-refractivity contribution >= 4 is 27.3 Å². The van der Waals surface area contributed by atoms with E-state index >= 15 is 0 Å². The van der Waals surface area contributed by atoms with Crippen molar-refractivity contribution in [3.8, 4) is 0 Å². The third-order valence-corrected chi connectivity index (χ3v) is 4.53. The first kappa shape index (κ1) is 14.7. The molecule has 3 nitrogen and oxygen atoms in total. The van der Waals surface area contributed by atoms with Crippen LogP contribution in [0.25, 0.3) is 0 Å². The van der Waals surface area contributed by atoms with Gasteiger partial charge in [-0.15, -0.1) is 11.3 Å². The molecule has 1 atom stereocenters. The van der Waals surface area contributed by atoms with Crippen molar-refractivity contribution in [2.75, 3.05) is 20.1 Å². The first-order valence-corrected chi connectivity index (χ1v) is 7.91. The molecule has 2 aromatic heterocycles. The van der Waals surface area contributed by atoms with Gasteiger partial charge in [0.15, 0.2) is 0 Å². The fourth-order valence-electron chi connectivity index (χ4n) is 2.08. The number of nitrogens with two attached hydrogens (primary N) is 1. The van der Waals surface area contributed by atoms with Crippen LogP contribution in [0.3, 0.4) is 0 Å². The highest BCUT2D eigenvalue weighted by Crippen LogP contribution is 2.21. The lowest BCUT2D eigenvalue weighted by Gasteiger charge is -2.27. The molecule has 2 heterocycles. The maximum absolute atomic E-state index is 5.92. The van der Waals surface area contributed by atoms with Crippen molar-refractivity contribution < 1.29 is 0 Å². The number of likely N-dealkylation sites (N-methyl/N-ethyl adjacent to an activating group) is 1. The Labute approximate surface area is 126 Å². The summed E-state index contributed by atoms with van der Waals surface area (Å²) in [6.07, 6.45) is 4.75. The van der Waals surface area contributed by atoms with Crippen LogP contribution in [-0.2, 0) is 6.42 Å². The standard InChI is InChI=1S/C14H18BrN3S/c1-18(5-4-13-3-2-6-19-13)14(8-16)11-7-12(15)10-17-9-11/h2-3,6-7,9-10,14H,4-5,8,16H2,1H3. The normalized spacial score (nSPS) is 12.8. The molecular weight excluding hydrogens is 322 g/mol. The Hall–Kier alpha value is -0.750. The Morgan fingerprint density at radius 3 is 2.95 bits per heavy atom. The van der Waals surface area contributed by atoms with Gasteiger partial charge in [0, 0.05) is 40.9 Å². The summed E-state index contributed by atoms with van der Waals surface area (Å²) in [6.45, 7) is 1.59. The van der Waals surface area contributed by atoms with Crippen LogP contribution in [0.15, 0.2) is 40.4 Å². The SMILES string of the molecule is CN(CCc1cccs1)C(CN)c1cncc(Br)c1. The van der Waals surface area contributed by atoms with Crippen molar-refractivity contribution in [2.24, 2.45) is 5.73 Å². The van der Waals surface area contributed by atoms with Crippen molar-refractivity contribution in [2.45, 2.75) is 12.5 Å². The van der Waals surface area contributed by atoms with E-state index in [1.165, 1.54) is 4.88 Å². The average molecular weight is 340 g/mol. The van der Waals surface area contributed by atoms with Crippen molar-refractivity contribution in [3.63, 3.8) is 0 Å². The van der Waals surface area contributed by atoms with E-state index in [1.54, 1.807) is 17.5 Å². The molecule has 0 bridgehead atoms. The summed E-state index contributed by atoms with van der Waals surface area (Å²) in [5, 5.41) is 2.12. The molecule has 0 aliphatic heterocycles. The Kier molecular flexibility index (Phi) is 5.51. The van der Waals surface area contributed by atoms with Gasteiger partial charge in [-0.2, -0.15) is 0 Å². The van der Waals surface area contributed by atoms with Crippen molar-refractivity contribution in [1.29, 1.82) is 0 Å². The summed E-state index contributed by atoms with van der Waals surface area (Å²) < 4.78 is 0.995. The molecule has 0 aliphatic carbocycles. The van der Waals surface area contributed by atoms with Crippen LogP contribution in [0.1, 0.15) is 16.5 Å². The molecular formula is C14H18BrN3S. The number of pyridine rings is 1. The fraction of sp³-hybridized carbons (Fsp3) is 0.357. The van der Waals surface area contributed by atoms with Crippen LogP contribution in [0.2, 0.25) is 0 Å². The highest BCUT2D eigenvalue weighted by atomic mass is 79.9. The Morgan fingerprint density at radius 2 is 2.32 bits per heavy atom. The minimum atomic E-state index is 0.213. The molecule has 2 aromatic rings. The molecule has 19 heavy (non-hydrogen) atoms. The number of nitrogens with zero attached hydrogens (tertiary/aromatic N) is 2. The van der Waals surface area contributed by atoms with Gasteiger partial charge in [-0.25, -0.2) is 0 Å². The number of rotatable bonds is 6. The van der Waals surface area contributed by atoms with Gasteiger partial charge in [-0.1, -0.05) is 6.07 Å². The first-order valence-electron chi connectivity index (χ1n) is 6.24. The van der Waals surface area contributed by atoms with Gasteiger partial charge in [0.05, 0.1) is 0 Å². The van der Waals surface area contributed by atoms with E-state index in [4.69, 9.17) is 5.73 Å². The van der Waals surface area contributed by atoms with Crippen LogP contribution in [-0.4, -0.2) is 30.0 Å². The molecule has 0 saturated carbocycles. The molecule has 102 valence electrons. The highest BCUT2D eigenvalue weighted by Gasteiger charge is 2.16. The third-order valence-electron chi connectivity index (χ3n) is 3.16. The molecule has 0 saturated heterocycles. The van der Waals surface area contributed by atoms with Crippen LogP contribution in [0.4, 0.5) is 0 Å². The van der Waals surface area contributed by atoms with E-state index in [1.807, 2.05) is 6.20 Å². The number of hydrogen-bond acceptors (Lipinski definition) is 4. The highest BCUT2D eigenvalue weighted by molar-refractivity contribution is 9.10. The minimum absolute atomic E-state index is 0.213. The average Bonchev–Trinajstić information content (AvgIpc) is 2.90. The summed E-state index contributed by atoms with van der Waals surface area (Å²) in [5.74, 6) is 0. The largest absolute Gasteiger partial charge is 0.329 e. The summed E-state index contributed by atoms with van der Waals surface area (Å²) in [6, 6.07) is 6.58. The van der Waals surface area contributed by atoms with Crippen molar-refractivity contribution in [3.05, 3.63) is 50.9 Å². The third kappa shape index (κ3) is 4.11. The van der Waals surface area contributed by atoms with E-state index in [9.17, 15) is 0 Å². The van der Waals surface area contributed by atoms with Crippen LogP contribution < -0.4 is 5.73 Å². The second-order valence-corrected chi connectivity index (χ2v) is 6.45. The number of thiophene rings is 1. The molecule has 0 fully saturated rings. The molecule has 5 heteroatoms. The summed E-state index contributed by atoms with van der Waals surface area (Å²) >= 11 is 5.26. The van der Waals surface area contributed by atoms with Crippen LogP contribution in [0.5, 0.6) is 0 Å². The van der Waals surface area contributed by atoms with Gasteiger partial charge < -0.3 is 5.73 Å². The zero-order valence-corrected chi connectivity index (χ0v) is 13.3. The van der Waals surface area contributed by atoms with Crippen LogP contribution in [0, 0.1) is 0 Å². The van der Waals surface area contributed by atoms with Gasteiger partial charge in [0.2, 0.25) is 0 Å². The molecule has 0 spiro atoms. The summed E-state index contributed by atoms with van der Waals surface area (Å²) in [5.41, 5.74) is 7.08. The molecule has 2 N–H and O–H groups in total. The van der Waals surface area contributed by atoms with Gasteiger partial charge in [-0.3, -0.25) is 9.88 Å². The van der Waals surface area contributed by atoms with E-state index in [0.29, 0.717) is 6.54 Å². The Morgan fingerprint density at radius 1 is 1.47 bits per heavy atom. The second-order valence-electron chi connectivity index (χ2n) is 4.50. The number of halogens is 1. The molecule has 0 amide bonds. The maximum Gasteiger partial charge on any atom is 0.0483 e. The lowest BCUT2D eigenvalue weighted by Crippen LogP contribution is -2.32. The molecule has 1 unspecified atom stereocenters. The molecule has 2 rings (SSSR count). The monoisotopic (exact) mass is 339 g/mol. The zero-order chi connectivity index (χ0) is 13.7. The van der Waals surface area contributed by atoms with E-state index < -0.39 is 0 Å². The fourth-order valence-corrected chi connectivity index (χ4v) is 3.16. The second kappa shape index (κ2) is 7.14. The number of aromatic nitrogens is 1. The van der Waals surface area contributed by atoms with Gasteiger partial charge in [-0.05, 0) is 52.5 Å². The van der Waals surface area contributed by atoms with Gasteiger partial charge >= 0.3 is 0 Å². The van der Waals surface area contributed by atoms with E-state index in [-0.39, 0.29) is 6.04 Å². The van der Waals surface area contributed by atoms with Crippen molar-refractivity contribution in [1.82, 2.24) is 9.88 Å². The van der Waals surface area contributed by atoms with Crippen LogP contribution >= 0.6 is 27.3 Å². The Balaban J connectivity index is 2.00. The van der Waals surface area contributed by atoms with Gasteiger partial charge in [0.1, 0.15) is 0 Å². The summed E-state index contributed by atoms with van der Waals surface area (Å²) in [4.78, 5) is 7.93. The van der Waals surface area contributed by atoms with Gasteiger partial charge in [0.25, 0.3) is 0 Å². The lowest BCUT2D eigenvalue weighted by molar-refractivity contribution is 0.253. The minimum Gasteiger partial charge on any atom is -0.329 e. The molecule has 0 aromatic carbocycles.